The molecule has 0 atom stereocenters. The van der Waals surface area contributed by atoms with Gasteiger partial charge in [0.15, 0.2) is 0 Å². The third-order valence-corrected chi connectivity index (χ3v) is 4.27. The summed E-state index contributed by atoms with van der Waals surface area (Å²) in [7, 11) is 0.00886. The first-order valence-electron chi connectivity index (χ1n) is 6.76. The van der Waals surface area contributed by atoms with Gasteiger partial charge >= 0.3 is 7.12 Å². The first kappa shape index (κ1) is 16.0. The summed E-state index contributed by atoms with van der Waals surface area (Å²) in [4.78, 5) is 0. The van der Waals surface area contributed by atoms with Crippen molar-refractivity contribution in [3.63, 3.8) is 0 Å². The number of methoxy groups -OCH3 is 1. The minimum Gasteiger partial charge on any atom is -0.497 e. The molecule has 0 heterocycles. The molecule has 2 N–H and O–H groups in total. The molecule has 0 radical (unpaired) electrons. The zero-order valence-electron chi connectivity index (χ0n) is 12.2. The van der Waals surface area contributed by atoms with Crippen LogP contribution >= 0.6 is 11.8 Å². The normalized spacial score (nSPS) is 10.5. The Balaban J connectivity index is 1.98. The van der Waals surface area contributed by atoms with E-state index in [1.54, 1.807) is 23.9 Å². The molecule has 0 aromatic heterocycles. The lowest BCUT2D eigenvalue weighted by Gasteiger charge is -2.10. The first-order chi connectivity index (χ1) is 10.1. The van der Waals surface area contributed by atoms with Crippen molar-refractivity contribution in [2.24, 2.45) is 0 Å². The summed E-state index contributed by atoms with van der Waals surface area (Å²) >= 11 is 1.80. The maximum atomic E-state index is 9.36. The third kappa shape index (κ3) is 4.53. The van der Waals surface area contributed by atoms with E-state index < -0.39 is 7.12 Å². The van der Waals surface area contributed by atoms with Crippen LogP contribution in [0.3, 0.4) is 0 Å². The van der Waals surface area contributed by atoms with Crippen LogP contribution in [0.15, 0.2) is 42.5 Å². The average molecular weight is 302 g/mol. The van der Waals surface area contributed by atoms with Gasteiger partial charge in [0.2, 0.25) is 0 Å². The maximum Gasteiger partial charge on any atom is 0.492 e. The molecule has 3 nitrogen and oxygen atoms in total. The Morgan fingerprint density at radius 2 is 1.76 bits per heavy atom. The second kappa shape index (κ2) is 7.55. The third-order valence-electron chi connectivity index (χ3n) is 3.19. The maximum absolute atomic E-state index is 9.36. The van der Waals surface area contributed by atoms with E-state index in [4.69, 9.17) is 4.74 Å². The Morgan fingerprint density at radius 3 is 2.38 bits per heavy atom. The molecule has 0 bridgehead atoms. The van der Waals surface area contributed by atoms with E-state index in [2.05, 4.69) is 31.2 Å². The van der Waals surface area contributed by atoms with Gasteiger partial charge in [0.1, 0.15) is 5.75 Å². The van der Waals surface area contributed by atoms with Crippen molar-refractivity contribution in [2.45, 2.75) is 18.4 Å². The standard InChI is InChI=1S/C16H19BO3S/c1-12-4-3-5-13(8-12)10-21-11-14-6-7-16(20-2)15(9-14)17(18)19/h3-9,18-19H,10-11H2,1-2H3. The highest BCUT2D eigenvalue weighted by Crippen LogP contribution is 2.20. The highest BCUT2D eigenvalue weighted by molar-refractivity contribution is 7.97. The number of hydrogen-bond acceptors (Lipinski definition) is 4. The van der Waals surface area contributed by atoms with Crippen LogP contribution in [-0.2, 0) is 11.5 Å². The van der Waals surface area contributed by atoms with E-state index in [-0.39, 0.29) is 0 Å². The molecule has 5 heteroatoms. The predicted octanol–water partition coefficient (Wildman–Crippen LogP) is 2.12. The molecule has 0 spiro atoms. The molecule has 0 fully saturated rings. The van der Waals surface area contributed by atoms with Gasteiger partial charge in [-0.15, -0.1) is 0 Å². The van der Waals surface area contributed by atoms with Gasteiger partial charge < -0.3 is 14.8 Å². The lowest BCUT2D eigenvalue weighted by molar-refractivity contribution is 0.403. The topological polar surface area (TPSA) is 49.7 Å². The van der Waals surface area contributed by atoms with Gasteiger partial charge in [-0.1, -0.05) is 42.0 Å². The Hall–Kier alpha value is -1.43. The average Bonchev–Trinajstić information content (AvgIpc) is 2.47. The zero-order chi connectivity index (χ0) is 15.2. The summed E-state index contributed by atoms with van der Waals surface area (Å²) in [6, 6.07) is 14.0. The van der Waals surface area contributed by atoms with Gasteiger partial charge in [-0.2, -0.15) is 11.8 Å². The Morgan fingerprint density at radius 1 is 1.05 bits per heavy atom. The minimum atomic E-state index is -1.51. The molecule has 2 aromatic rings. The van der Waals surface area contributed by atoms with Crippen LogP contribution in [0.25, 0.3) is 0 Å². The summed E-state index contributed by atoms with van der Waals surface area (Å²) < 4.78 is 5.12. The van der Waals surface area contributed by atoms with E-state index >= 15 is 0 Å². The van der Waals surface area contributed by atoms with Crippen molar-refractivity contribution in [3.05, 3.63) is 59.2 Å². The van der Waals surface area contributed by atoms with Crippen LogP contribution in [0.1, 0.15) is 16.7 Å². The van der Waals surface area contributed by atoms with Gasteiger partial charge in [-0.05, 0) is 24.1 Å². The van der Waals surface area contributed by atoms with Crippen molar-refractivity contribution in [3.8, 4) is 5.75 Å². The quantitative estimate of drug-likeness (QED) is 0.803. The van der Waals surface area contributed by atoms with Crippen molar-refractivity contribution in [1.29, 1.82) is 0 Å². The van der Waals surface area contributed by atoms with Gasteiger partial charge in [-0.3, -0.25) is 0 Å². The molecule has 0 saturated heterocycles. The largest absolute Gasteiger partial charge is 0.497 e. The van der Waals surface area contributed by atoms with Crippen molar-refractivity contribution < 1.29 is 14.8 Å². The molecule has 2 rings (SSSR count). The number of aryl methyl sites for hydroxylation is 1. The van der Waals surface area contributed by atoms with Crippen molar-refractivity contribution in [1.82, 2.24) is 0 Å². The van der Waals surface area contributed by atoms with Crippen LogP contribution in [0.2, 0.25) is 0 Å². The fourth-order valence-electron chi connectivity index (χ4n) is 2.16. The summed E-state index contributed by atoms with van der Waals surface area (Å²) in [6.07, 6.45) is 0. The highest BCUT2D eigenvalue weighted by Gasteiger charge is 2.17. The molecule has 0 aliphatic heterocycles. The van der Waals surface area contributed by atoms with E-state index in [0.29, 0.717) is 11.2 Å². The van der Waals surface area contributed by atoms with E-state index in [9.17, 15) is 10.0 Å². The van der Waals surface area contributed by atoms with Gasteiger partial charge in [0.05, 0.1) is 7.11 Å². The Labute approximate surface area is 130 Å². The monoisotopic (exact) mass is 302 g/mol. The van der Waals surface area contributed by atoms with Gasteiger partial charge in [0, 0.05) is 17.0 Å². The molecule has 0 aliphatic carbocycles. The lowest BCUT2D eigenvalue weighted by atomic mass is 9.79. The van der Waals surface area contributed by atoms with Crippen molar-refractivity contribution in [2.75, 3.05) is 7.11 Å². The summed E-state index contributed by atoms with van der Waals surface area (Å²) in [5.41, 5.74) is 4.03. The van der Waals surface area contributed by atoms with Gasteiger partial charge in [-0.25, -0.2) is 0 Å². The molecular formula is C16H19BO3S. The zero-order valence-corrected chi connectivity index (χ0v) is 13.1. The summed E-state index contributed by atoms with van der Waals surface area (Å²) in [5, 5.41) is 18.7. The van der Waals surface area contributed by atoms with Crippen LogP contribution in [0.4, 0.5) is 0 Å². The Bertz CT molecular complexity index is 602. The molecule has 0 saturated carbocycles. The second-order valence-electron chi connectivity index (χ2n) is 4.93. The van der Waals surface area contributed by atoms with Crippen LogP contribution in [0.5, 0.6) is 5.75 Å². The molecule has 21 heavy (non-hydrogen) atoms. The fraction of sp³-hybridized carbons (Fsp3) is 0.250. The predicted molar refractivity (Wildman–Crippen MR) is 89.0 cm³/mol. The molecule has 2 aromatic carbocycles. The SMILES string of the molecule is COc1ccc(CSCc2cccc(C)c2)cc1B(O)O. The molecule has 0 amide bonds. The summed E-state index contributed by atoms with van der Waals surface area (Å²) in [6.45, 7) is 2.09. The smallest absolute Gasteiger partial charge is 0.492 e. The number of hydrogen-bond donors (Lipinski definition) is 2. The van der Waals surface area contributed by atoms with E-state index in [0.717, 1.165) is 17.1 Å². The molecular weight excluding hydrogens is 283 g/mol. The highest BCUT2D eigenvalue weighted by atomic mass is 32.2. The second-order valence-corrected chi connectivity index (χ2v) is 5.92. The number of thioether (sulfide) groups is 1. The molecule has 0 unspecified atom stereocenters. The first-order valence-corrected chi connectivity index (χ1v) is 7.92. The Kier molecular flexibility index (Phi) is 5.73. The molecule has 110 valence electrons. The number of benzene rings is 2. The number of rotatable bonds is 6. The van der Waals surface area contributed by atoms with Crippen LogP contribution < -0.4 is 10.2 Å². The van der Waals surface area contributed by atoms with Crippen LogP contribution in [0, 0.1) is 6.92 Å². The number of ether oxygens (including phenoxy) is 1. The van der Waals surface area contributed by atoms with E-state index in [1.807, 2.05) is 6.07 Å². The molecule has 0 aliphatic rings. The minimum absolute atomic E-state index is 0.408. The lowest BCUT2D eigenvalue weighted by Crippen LogP contribution is -2.31. The van der Waals surface area contributed by atoms with Crippen molar-refractivity contribution >= 4 is 24.3 Å². The van der Waals surface area contributed by atoms with Crippen LogP contribution in [-0.4, -0.2) is 24.3 Å². The van der Waals surface area contributed by atoms with E-state index in [1.165, 1.54) is 18.2 Å². The summed E-state index contributed by atoms with van der Waals surface area (Å²) in [5.74, 6) is 2.25. The fourth-order valence-corrected chi connectivity index (χ4v) is 3.10. The van der Waals surface area contributed by atoms with Gasteiger partial charge in [0.25, 0.3) is 0 Å².